The van der Waals surface area contributed by atoms with E-state index < -0.39 is 35.1 Å². The van der Waals surface area contributed by atoms with Gasteiger partial charge in [-0.3, -0.25) is 15.5 Å². The Bertz CT molecular complexity index is 531. The molecule has 9 heteroatoms. The van der Waals surface area contributed by atoms with Crippen LogP contribution in [0, 0.1) is 28.4 Å². The van der Waals surface area contributed by atoms with E-state index >= 15 is 0 Å². The first kappa shape index (κ1) is 15.7. The average molecular weight is 291 g/mol. The van der Waals surface area contributed by atoms with Gasteiger partial charge in [-0.2, -0.15) is 13.2 Å². The minimum Gasteiger partial charge on any atom is -0.486 e. The quantitative estimate of drug-likeness (QED) is 0.376. The molecule has 1 aromatic rings. The molecule has 110 valence electrons. The number of nitro benzene ring substituents is 1. The maximum atomic E-state index is 12.6. The van der Waals surface area contributed by atoms with E-state index in [4.69, 9.17) is 15.9 Å². The fourth-order valence-electron chi connectivity index (χ4n) is 1.52. The van der Waals surface area contributed by atoms with Gasteiger partial charge in [0.15, 0.2) is 5.75 Å². The van der Waals surface area contributed by atoms with Crippen LogP contribution in [0.25, 0.3) is 0 Å². The van der Waals surface area contributed by atoms with Gasteiger partial charge in [-0.25, -0.2) is 0 Å². The third-order valence-electron chi connectivity index (χ3n) is 2.56. The molecule has 3 N–H and O–H groups in total. The van der Waals surface area contributed by atoms with Gasteiger partial charge in [0.25, 0.3) is 0 Å². The minimum absolute atomic E-state index is 0.263. The fraction of sp³-hybridized carbons (Fsp3) is 0.364. The molecule has 0 spiro atoms. The Kier molecular flexibility index (Phi) is 4.53. The average Bonchev–Trinajstić information content (AvgIpc) is 2.26. The highest BCUT2D eigenvalue weighted by Crippen LogP contribution is 2.32. The molecule has 0 amide bonds. The van der Waals surface area contributed by atoms with Gasteiger partial charge in [0, 0.05) is 5.56 Å². The highest BCUT2D eigenvalue weighted by molar-refractivity contribution is 5.80. The number of halogens is 3. The lowest BCUT2D eigenvalue weighted by atomic mass is 10.1. The van der Waals surface area contributed by atoms with Crippen LogP contribution in [0.4, 0.5) is 18.9 Å². The maximum absolute atomic E-state index is 12.6. The zero-order valence-electron chi connectivity index (χ0n) is 10.4. The number of benzene rings is 1. The molecule has 1 unspecified atom stereocenters. The number of hydrogen-bond acceptors (Lipinski definition) is 4. The van der Waals surface area contributed by atoms with E-state index in [0.717, 1.165) is 0 Å². The van der Waals surface area contributed by atoms with Gasteiger partial charge in [-0.1, -0.05) is 12.1 Å². The summed E-state index contributed by atoms with van der Waals surface area (Å²) < 4.78 is 42.6. The second kappa shape index (κ2) is 5.76. The molecule has 0 heterocycles. The molecule has 1 atom stereocenters. The van der Waals surface area contributed by atoms with Crippen LogP contribution >= 0.6 is 0 Å². The van der Waals surface area contributed by atoms with Crippen LogP contribution in [-0.2, 0) is 0 Å². The monoisotopic (exact) mass is 291 g/mol. The van der Waals surface area contributed by atoms with Crippen molar-refractivity contribution in [1.29, 1.82) is 5.41 Å². The Balaban J connectivity index is 2.98. The molecular formula is C11H12F3N3O3. The van der Waals surface area contributed by atoms with Gasteiger partial charge in [-0.05, 0) is 13.0 Å². The predicted molar refractivity (Wildman–Crippen MR) is 64.8 cm³/mol. The van der Waals surface area contributed by atoms with Crippen molar-refractivity contribution in [3.05, 3.63) is 33.9 Å². The van der Waals surface area contributed by atoms with E-state index in [1.807, 2.05) is 0 Å². The summed E-state index contributed by atoms with van der Waals surface area (Å²) in [6.45, 7) is 0.459. The molecule has 0 bridgehead atoms. The van der Waals surface area contributed by atoms with Gasteiger partial charge in [0.05, 0.1) is 4.92 Å². The van der Waals surface area contributed by atoms with E-state index in [0.29, 0.717) is 0 Å². The van der Waals surface area contributed by atoms with Crippen molar-refractivity contribution in [2.45, 2.75) is 13.1 Å². The first-order valence-corrected chi connectivity index (χ1v) is 5.42. The summed E-state index contributed by atoms with van der Waals surface area (Å²) in [5, 5.41) is 17.8. The number of ether oxygens (including phenoxy) is 1. The Morgan fingerprint density at radius 3 is 2.60 bits per heavy atom. The number of para-hydroxylation sites is 1. The van der Waals surface area contributed by atoms with Crippen LogP contribution in [0.1, 0.15) is 5.56 Å². The number of hydrogen-bond donors (Lipinski definition) is 2. The molecule has 0 radical (unpaired) electrons. The van der Waals surface area contributed by atoms with E-state index in [1.165, 1.54) is 25.1 Å². The summed E-state index contributed by atoms with van der Waals surface area (Å²) in [6.07, 6.45) is -4.75. The van der Waals surface area contributed by atoms with E-state index in [-0.39, 0.29) is 11.3 Å². The highest BCUT2D eigenvalue weighted by atomic mass is 19.4. The molecule has 1 rings (SSSR count). The molecule has 6 nitrogen and oxygen atoms in total. The zero-order valence-corrected chi connectivity index (χ0v) is 10.4. The molecule has 20 heavy (non-hydrogen) atoms. The Morgan fingerprint density at radius 2 is 2.15 bits per heavy atom. The van der Waals surface area contributed by atoms with Gasteiger partial charge in [0.1, 0.15) is 18.4 Å². The first-order chi connectivity index (χ1) is 9.14. The fourth-order valence-corrected chi connectivity index (χ4v) is 1.52. The number of nitrogens with two attached hydrogens (primary N) is 1. The number of rotatable bonds is 5. The molecule has 0 fully saturated rings. The third-order valence-corrected chi connectivity index (χ3v) is 2.56. The second-order valence-electron chi connectivity index (χ2n) is 4.04. The van der Waals surface area contributed by atoms with Crippen LogP contribution in [0.5, 0.6) is 5.75 Å². The number of alkyl halides is 3. The summed E-state index contributed by atoms with van der Waals surface area (Å²) in [5.74, 6) is -3.69. The summed E-state index contributed by atoms with van der Waals surface area (Å²) in [5.41, 5.74) is 4.72. The smallest absolute Gasteiger partial charge is 0.401 e. The van der Waals surface area contributed by atoms with Crippen molar-refractivity contribution in [3.63, 3.8) is 0 Å². The molecular weight excluding hydrogens is 279 g/mol. The van der Waals surface area contributed by atoms with E-state index in [2.05, 4.69) is 0 Å². The normalized spacial score (nSPS) is 12.8. The lowest BCUT2D eigenvalue weighted by Crippen LogP contribution is -2.39. The van der Waals surface area contributed by atoms with Crippen LogP contribution in [0.2, 0.25) is 0 Å². The van der Waals surface area contributed by atoms with Crippen LogP contribution < -0.4 is 10.5 Å². The topological polar surface area (TPSA) is 102 Å². The molecule has 0 aliphatic rings. The lowest BCUT2D eigenvalue weighted by molar-refractivity contribution is -0.386. The number of amidine groups is 1. The summed E-state index contributed by atoms with van der Waals surface area (Å²) in [4.78, 5) is 10.1. The van der Waals surface area contributed by atoms with Gasteiger partial charge in [0.2, 0.25) is 0 Å². The molecule has 0 saturated heterocycles. The number of nitro groups is 1. The van der Waals surface area contributed by atoms with Gasteiger partial charge >= 0.3 is 11.9 Å². The van der Waals surface area contributed by atoms with Crippen LogP contribution in [-0.4, -0.2) is 23.5 Å². The molecule has 0 aliphatic carbocycles. The second-order valence-corrected chi connectivity index (χ2v) is 4.04. The maximum Gasteiger partial charge on any atom is 0.401 e. The number of nitrogens with one attached hydrogen (secondary N) is 1. The number of nitrogens with zero attached hydrogens (tertiary/aromatic N) is 1. The van der Waals surface area contributed by atoms with Crippen molar-refractivity contribution in [1.82, 2.24) is 0 Å². The van der Waals surface area contributed by atoms with Gasteiger partial charge < -0.3 is 10.5 Å². The summed E-state index contributed by atoms with van der Waals surface area (Å²) in [7, 11) is 0. The third kappa shape index (κ3) is 3.59. The number of aryl methyl sites for hydroxylation is 1. The zero-order chi connectivity index (χ0) is 15.5. The lowest BCUT2D eigenvalue weighted by Gasteiger charge is -2.19. The van der Waals surface area contributed by atoms with Crippen molar-refractivity contribution >= 4 is 11.5 Å². The molecule has 0 aromatic heterocycles. The molecule has 0 saturated carbocycles. The SMILES string of the molecule is Cc1cccc(OCC(C(=N)N)C(F)(F)F)c1[N+](=O)[O-]. The molecule has 0 aliphatic heterocycles. The summed E-state index contributed by atoms with van der Waals surface area (Å²) >= 11 is 0. The van der Waals surface area contributed by atoms with Crippen LogP contribution in [0.3, 0.4) is 0 Å². The standard InChI is InChI=1S/C11H12F3N3O3/c1-6-3-2-4-8(9(6)17(18)19)20-5-7(10(15)16)11(12,13)14/h2-4,7H,5H2,1H3,(H3,15,16). The van der Waals surface area contributed by atoms with Crippen molar-refractivity contribution in [2.75, 3.05) is 6.61 Å². The summed E-state index contributed by atoms with van der Waals surface area (Å²) in [6, 6.07) is 4.06. The first-order valence-electron chi connectivity index (χ1n) is 5.42. The Labute approximate surface area is 112 Å². The van der Waals surface area contributed by atoms with Crippen molar-refractivity contribution in [3.8, 4) is 5.75 Å². The predicted octanol–water partition coefficient (Wildman–Crippen LogP) is 2.40. The largest absolute Gasteiger partial charge is 0.486 e. The minimum atomic E-state index is -4.75. The van der Waals surface area contributed by atoms with Gasteiger partial charge in [-0.15, -0.1) is 0 Å². The highest BCUT2D eigenvalue weighted by Gasteiger charge is 2.42. The molecule has 1 aromatic carbocycles. The van der Waals surface area contributed by atoms with E-state index in [9.17, 15) is 23.3 Å². The van der Waals surface area contributed by atoms with Crippen LogP contribution in [0.15, 0.2) is 18.2 Å². The van der Waals surface area contributed by atoms with Crippen molar-refractivity contribution < 1.29 is 22.8 Å². The Morgan fingerprint density at radius 1 is 1.55 bits per heavy atom. The van der Waals surface area contributed by atoms with E-state index in [1.54, 1.807) is 0 Å². The van der Waals surface area contributed by atoms with Crippen molar-refractivity contribution in [2.24, 2.45) is 11.7 Å². The Hall–Kier alpha value is -2.32.